The van der Waals surface area contributed by atoms with E-state index in [-0.39, 0.29) is 5.82 Å². The fourth-order valence-electron chi connectivity index (χ4n) is 1.04. The maximum Gasteiger partial charge on any atom is 0.123 e. The van der Waals surface area contributed by atoms with Gasteiger partial charge in [-0.3, -0.25) is 0 Å². The fourth-order valence-corrected chi connectivity index (χ4v) is 1.04. The second-order valence-electron chi connectivity index (χ2n) is 2.81. The van der Waals surface area contributed by atoms with Gasteiger partial charge >= 0.3 is 0 Å². The summed E-state index contributed by atoms with van der Waals surface area (Å²) < 4.78 is 12.7. The van der Waals surface area contributed by atoms with Crippen LogP contribution in [0.2, 0.25) is 0 Å². The molecule has 0 radical (unpaired) electrons. The average Bonchev–Trinajstić information content (AvgIpc) is 2.07. The van der Waals surface area contributed by atoms with Gasteiger partial charge in [-0.25, -0.2) is 4.39 Å². The normalized spacial score (nSPS) is 10.9. The van der Waals surface area contributed by atoms with Crippen molar-refractivity contribution in [2.75, 3.05) is 0 Å². The van der Waals surface area contributed by atoms with Gasteiger partial charge in [0, 0.05) is 0 Å². The Hall–Kier alpha value is -1.11. The van der Waals surface area contributed by atoms with Crippen molar-refractivity contribution in [3.8, 4) is 0 Å². The summed E-state index contributed by atoms with van der Waals surface area (Å²) in [5, 5.41) is 0. The zero-order valence-corrected chi connectivity index (χ0v) is 7.47. The van der Waals surface area contributed by atoms with Gasteiger partial charge in [0.05, 0.1) is 0 Å². The van der Waals surface area contributed by atoms with Gasteiger partial charge in [0.25, 0.3) is 0 Å². The number of benzene rings is 1. The minimum Gasteiger partial charge on any atom is -0.207 e. The van der Waals surface area contributed by atoms with Gasteiger partial charge in [-0.15, -0.1) is 0 Å². The lowest BCUT2D eigenvalue weighted by Crippen LogP contribution is -1.82. The number of hydrogen-bond donors (Lipinski definition) is 0. The van der Waals surface area contributed by atoms with E-state index in [1.807, 2.05) is 19.1 Å². The van der Waals surface area contributed by atoms with Crippen LogP contribution < -0.4 is 0 Å². The number of hydrogen-bond acceptors (Lipinski definition) is 0. The molecule has 0 aromatic heterocycles. The van der Waals surface area contributed by atoms with Crippen LogP contribution in [-0.2, 0) is 0 Å². The SMILES string of the molecule is CCC=Cc1cc(F)ccc1C. The van der Waals surface area contributed by atoms with Crippen LogP contribution in [0.5, 0.6) is 0 Å². The summed E-state index contributed by atoms with van der Waals surface area (Å²) in [5.41, 5.74) is 2.08. The Bertz CT molecular complexity index is 287. The summed E-state index contributed by atoms with van der Waals surface area (Å²) in [6.07, 6.45) is 4.97. The molecular weight excluding hydrogens is 151 g/mol. The van der Waals surface area contributed by atoms with Gasteiger partial charge in [0.15, 0.2) is 0 Å². The molecule has 0 saturated heterocycles. The van der Waals surface area contributed by atoms with E-state index in [1.54, 1.807) is 12.1 Å². The predicted octanol–water partition coefficient (Wildman–Crippen LogP) is 3.56. The Morgan fingerprint density at radius 1 is 1.42 bits per heavy atom. The van der Waals surface area contributed by atoms with E-state index in [9.17, 15) is 4.39 Å². The quantitative estimate of drug-likeness (QED) is 0.627. The first kappa shape index (κ1) is 8.98. The third kappa shape index (κ3) is 2.19. The van der Waals surface area contributed by atoms with Gasteiger partial charge in [0.2, 0.25) is 0 Å². The van der Waals surface area contributed by atoms with Gasteiger partial charge in [0.1, 0.15) is 5.82 Å². The maximum atomic E-state index is 12.7. The summed E-state index contributed by atoms with van der Waals surface area (Å²) in [7, 11) is 0. The van der Waals surface area contributed by atoms with Crippen molar-refractivity contribution in [2.45, 2.75) is 20.3 Å². The molecule has 0 fully saturated rings. The molecule has 1 heteroatoms. The minimum absolute atomic E-state index is 0.170. The highest BCUT2D eigenvalue weighted by atomic mass is 19.1. The first-order valence-electron chi connectivity index (χ1n) is 4.16. The van der Waals surface area contributed by atoms with Crippen LogP contribution in [0.1, 0.15) is 24.5 Å². The van der Waals surface area contributed by atoms with E-state index in [1.165, 1.54) is 6.07 Å². The van der Waals surface area contributed by atoms with Crippen molar-refractivity contribution in [1.29, 1.82) is 0 Å². The Balaban J connectivity index is 2.97. The molecule has 0 bridgehead atoms. The Labute approximate surface area is 72.7 Å². The highest BCUT2D eigenvalue weighted by molar-refractivity contribution is 5.53. The standard InChI is InChI=1S/C11H13F/c1-3-4-5-10-8-11(12)7-6-9(10)2/h4-8H,3H2,1-2H3. The molecule has 0 N–H and O–H groups in total. The van der Waals surface area contributed by atoms with Gasteiger partial charge in [-0.2, -0.15) is 0 Å². The molecule has 64 valence electrons. The van der Waals surface area contributed by atoms with E-state index in [0.29, 0.717) is 0 Å². The van der Waals surface area contributed by atoms with Crippen molar-refractivity contribution in [2.24, 2.45) is 0 Å². The number of aryl methyl sites for hydroxylation is 1. The monoisotopic (exact) mass is 164 g/mol. The molecule has 1 rings (SSSR count). The van der Waals surface area contributed by atoms with Crippen molar-refractivity contribution < 1.29 is 4.39 Å². The molecule has 0 heterocycles. The number of rotatable bonds is 2. The maximum absolute atomic E-state index is 12.7. The van der Waals surface area contributed by atoms with Crippen molar-refractivity contribution in [1.82, 2.24) is 0 Å². The lowest BCUT2D eigenvalue weighted by Gasteiger charge is -1.98. The molecule has 0 nitrogen and oxygen atoms in total. The van der Waals surface area contributed by atoms with Crippen LogP contribution in [0.3, 0.4) is 0 Å². The lowest BCUT2D eigenvalue weighted by molar-refractivity contribution is 0.627. The molecule has 0 atom stereocenters. The molecule has 12 heavy (non-hydrogen) atoms. The summed E-state index contributed by atoms with van der Waals surface area (Å²) in [4.78, 5) is 0. The average molecular weight is 164 g/mol. The number of halogens is 1. The zero-order chi connectivity index (χ0) is 8.97. The van der Waals surface area contributed by atoms with Crippen LogP contribution in [0.25, 0.3) is 6.08 Å². The highest BCUT2D eigenvalue weighted by Crippen LogP contribution is 2.11. The zero-order valence-electron chi connectivity index (χ0n) is 7.47. The van der Waals surface area contributed by atoms with E-state index in [4.69, 9.17) is 0 Å². The van der Waals surface area contributed by atoms with Crippen LogP contribution in [-0.4, -0.2) is 0 Å². The molecule has 1 aromatic rings. The van der Waals surface area contributed by atoms with Crippen molar-refractivity contribution in [3.63, 3.8) is 0 Å². The van der Waals surface area contributed by atoms with Crippen molar-refractivity contribution >= 4 is 6.08 Å². The molecule has 0 saturated carbocycles. The molecule has 0 unspecified atom stereocenters. The topological polar surface area (TPSA) is 0 Å². The van der Waals surface area contributed by atoms with Gasteiger partial charge in [-0.05, 0) is 36.6 Å². The predicted molar refractivity (Wildman–Crippen MR) is 50.5 cm³/mol. The Morgan fingerprint density at radius 3 is 2.83 bits per heavy atom. The van der Waals surface area contributed by atoms with Crippen LogP contribution in [0.4, 0.5) is 4.39 Å². The van der Waals surface area contributed by atoms with Crippen molar-refractivity contribution in [3.05, 3.63) is 41.2 Å². The Kier molecular flexibility index (Phi) is 3.03. The molecular formula is C11H13F. The first-order valence-corrected chi connectivity index (χ1v) is 4.16. The van der Waals surface area contributed by atoms with E-state index in [0.717, 1.165) is 17.5 Å². The smallest absolute Gasteiger partial charge is 0.123 e. The largest absolute Gasteiger partial charge is 0.207 e. The lowest BCUT2D eigenvalue weighted by atomic mass is 10.1. The summed E-state index contributed by atoms with van der Waals surface area (Å²) >= 11 is 0. The molecule has 0 aliphatic rings. The second kappa shape index (κ2) is 4.05. The van der Waals surface area contributed by atoms with E-state index < -0.39 is 0 Å². The third-order valence-electron chi connectivity index (χ3n) is 1.77. The fraction of sp³-hybridized carbons (Fsp3) is 0.273. The summed E-state index contributed by atoms with van der Waals surface area (Å²) in [5.74, 6) is -0.170. The van der Waals surface area contributed by atoms with Gasteiger partial charge in [-0.1, -0.05) is 25.1 Å². The molecule has 0 amide bonds. The van der Waals surface area contributed by atoms with E-state index >= 15 is 0 Å². The second-order valence-corrected chi connectivity index (χ2v) is 2.81. The molecule has 1 aromatic carbocycles. The summed E-state index contributed by atoms with van der Waals surface area (Å²) in [6.45, 7) is 4.04. The summed E-state index contributed by atoms with van der Waals surface area (Å²) in [6, 6.07) is 4.84. The van der Waals surface area contributed by atoms with Crippen LogP contribution in [0, 0.1) is 12.7 Å². The molecule has 0 spiro atoms. The molecule has 0 aliphatic heterocycles. The minimum atomic E-state index is -0.170. The Morgan fingerprint density at radius 2 is 2.17 bits per heavy atom. The number of allylic oxidation sites excluding steroid dienone is 1. The van der Waals surface area contributed by atoms with Crippen LogP contribution in [0.15, 0.2) is 24.3 Å². The first-order chi connectivity index (χ1) is 5.74. The third-order valence-corrected chi connectivity index (χ3v) is 1.77. The van der Waals surface area contributed by atoms with Gasteiger partial charge < -0.3 is 0 Å². The molecule has 0 aliphatic carbocycles. The highest BCUT2D eigenvalue weighted by Gasteiger charge is 1.95. The van der Waals surface area contributed by atoms with Crippen LogP contribution >= 0.6 is 0 Å². The van der Waals surface area contributed by atoms with E-state index in [2.05, 4.69) is 6.92 Å².